The third kappa shape index (κ3) is 6.58. The molecular formula is C29H37F3O2. The summed E-state index contributed by atoms with van der Waals surface area (Å²) in [5.41, 5.74) is 1.01. The van der Waals surface area contributed by atoms with Crippen LogP contribution in [0.3, 0.4) is 0 Å². The SMILES string of the molecule is C=CC1CCC(c2ccc(C3CCC(COC(=C)/C=C(/F)C(=C)OCC)CC3)c(F)c2F)CC1. The second-order valence-electron chi connectivity index (χ2n) is 9.56. The van der Waals surface area contributed by atoms with Crippen LogP contribution in [0.25, 0.3) is 0 Å². The molecule has 3 rings (SSSR count). The van der Waals surface area contributed by atoms with Crippen LogP contribution in [0.1, 0.15) is 81.3 Å². The molecule has 0 bridgehead atoms. The van der Waals surface area contributed by atoms with Crippen LogP contribution in [0, 0.1) is 23.5 Å². The maximum absolute atomic E-state index is 15.1. The smallest absolute Gasteiger partial charge is 0.168 e. The molecule has 0 amide bonds. The van der Waals surface area contributed by atoms with Gasteiger partial charge in [-0.05, 0) is 93.1 Å². The van der Waals surface area contributed by atoms with E-state index in [2.05, 4.69) is 19.7 Å². The van der Waals surface area contributed by atoms with Gasteiger partial charge in [0.25, 0.3) is 0 Å². The predicted octanol–water partition coefficient (Wildman–Crippen LogP) is 8.63. The fourth-order valence-corrected chi connectivity index (χ4v) is 5.25. The fourth-order valence-electron chi connectivity index (χ4n) is 5.25. The molecule has 2 nitrogen and oxygen atoms in total. The molecule has 5 heteroatoms. The van der Waals surface area contributed by atoms with Gasteiger partial charge in [0, 0.05) is 6.08 Å². The lowest BCUT2D eigenvalue weighted by molar-refractivity contribution is 0.144. The molecule has 0 saturated heterocycles. The number of hydrogen-bond donors (Lipinski definition) is 0. The van der Waals surface area contributed by atoms with Crippen LogP contribution < -0.4 is 0 Å². The van der Waals surface area contributed by atoms with E-state index in [9.17, 15) is 4.39 Å². The lowest BCUT2D eigenvalue weighted by atomic mass is 9.76. The maximum Gasteiger partial charge on any atom is 0.168 e. The van der Waals surface area contributed by atoms with E-state index in [1.54, 1.807) is 13.0 Å². The van der Waals surface area contributed by atoms with Gasteiger partial charge in [0.15, 0.2) is 17.5 Å². The second-order valence-corrected chi connectivity index (χ2v) is 9.56. The van der Waals surface area contributed by atoms with E-state index in [1.807, 2.05) is 12.1 Å². The Morgan fingerprint density at radius 3 is 1.94 bits per heavy atom. The van der Waals surface area contributed by atoms with Crippen LogP contribution in [0.15, 0.2) is 61.4 Å². The summed E-state index contributed by atoms with van der Waals surface area (Å²) in [5.74, 6) is -0.919. The first-order chi connectivity index (χ1) is 16.3. The van der Waals surface area contributed by atoms with Gasteiger partial charge in [0.1, 0.15) is 11.5 Å². The van der Waals surface area contributed by atoms with Gasteiger partial charge in [-0.1, -0.05) is 31.4 Å². The fraction of sp³-hybridized carbons (Fsp3) is 0.517. The van der Waals surface area contributed by atoms with Gasteiger partial charge in [0.2, 0.25) is 0 Å². The number of rotatable bonds is 10. The van der Waals surface area contributed by atoms with Gasteiger partial charge in [-0.3, -0.25) is 0 Å². The minimum Gasteiger partial charge on any atom is -0.494 e. The number of halogens is 3. The van der Waals surface area contributed by atoms with Crippen molar-refractivity contribution in [3.8, 4) is 0 Å². The van der Waals surface area contributed by atoms with Gasteiger partial charge in [-0.15, -0.1) is 6.58 Å². The number of benzene rings is 1. The van der Waals surface area contributed by atoms with Crippen LogP contribution in [0.5, 0.6) is 0 Å². The third-order valence-electron chi connectivity index (χ3n) is 7.35. The van der Waals surface area contributed by atoms with E-state index in [4.69, 9.17) is 9.47 Å². The lowest BCUT2D eigenvalue weighted by Crippen LogP contribution is -2.19. The topological polar surface area (TPSA) is 18.5 Å². The van der Waals surface area contributed by atoms with Crippen molar-refractivity contribution in [1.29, 1.82) is 0 Å². The summed E-state index contributed by atoms with van der Waals surface area (Å²) >= 11 is 0. The highest BCUT2D eigenvalue weighted by atomic mass is 19.2. The summed E-state index contributed by atoms with van der Waals surface area (Å²) in [5, 5.41) is 0. The molecular weight excluding hydrogens is 437 g/mol. The summed E-state index contributed by atoms with van der Waals surface area (Å²) in [4.78, 5) is 0. The van der Waals surface area contributed by atoms with Crippen molar-refractivity contribution in [2.45, 2.75) is 70.1 Å². The monoisotopic (exact) mass is 474 g/mol. The van der Waals surface area contributed by atoms with Gasteiger partial charge < -0.3 is 9.47 Å². The van der Waals surface area contributed by atoms with Crippen LogP contribution in [-0.4, -0.2) is 13.2 Å². The zero-order valence-corrected chi connectivity index (χ0v) is 20.3. The molecule has 2 fully saturated rings. The van der Waals surface area contributed by atoms with Crippen LogP contribution >= 0.6 is 0 Å². The third-order valence-corrected chi connectivity index (χ3v) is 7.35. The van der Waals surface area contributed by atoms with Crippen molar-refractivity contribution in [3.05, 3.63) is 84.1 Å². The summed E-state index contributed by atoms with van der Waals surface area (Å²) in [6, 6.07) is 3.61. The molecule has 2 aliphatic carbocycles. The minimum absolute atomic E-state index is 0.00589. The largest absolute Gasteiger partial charge is 0.494 e. The Labute approximate surface area is 202 Å². The van der Waals surface area contributed by atoms with E-state index < -0.39 is 17.5 Å². The highest BCUT2D eigenvalue weighted by Gasteiger charge is 2.29. The Bertz CT molecular complexity index is 904. The summed E-state index contributed by atoms with van der Waals surface area (Å²) < 4.78 is 54.6. The van der Waals surface area contributed by atoms with Crippen LogP contribution in [0.2, 0.25) is 0 Å². The van der Waals surface area contributed by atoms with Gasteiger partial charge in [0.05, 0.1) is 13.2 Å². The number of hydrogen-bond acceptors (Lipinski definition) is 2. The molecule has 0 radical (unpaired) electrons. The Morgan fingerprint density at radius 2 is 1.44 bits per heavy atom. The second kappa shape index (κ2) is 12.3. The first-order valence-corrected chi connectivity index (χ1v) is 12.4. The molecule has 0 aromatic heterocycles. The Hall–Kier alpha value is -2.43. The molecule has 0 unspecified atom stereocenters. The number of allylic oxidation sites excluding steroid dienone is 3. The molecule has 0 heterocycles. The Kier molecular flexibility index (Phi) is 9.49. The minimum atomic E-state index is -0.674. The molecule has 0 aliphatic heterocycles. The summed E-state index contributed by atoms with van der Waals surface area (Å²) in [6.07, 6.45) is 10.1. The molecule has 34 heavy (non-hydrogen) atoms. The first kappa shape index (κ1) is 26.2. The van der Waals surface area contributed by atoms with Crippen molar-refractivity contribution in [3.63, 3.8) is 0 Å². The predicted molar refractivity (Wildman–Crippen MR) is 131 cm³/mol. The standard InChI is InChI=1S/C29H37F3O2/c1-5-21-7-11-23(12-8-21)25-15-16-26(29(32)28(25)31)24-13-9-22(10-14-24)18-34-19(3)17-27(30)20(4)33-6-2/h5,15-17,21-24H,1,3-4,6-14,18H2,2H3/b27-17+. The van der Waals surface area contributed by atoms with Gasteiger partial charge >= 0.3 is 0 Å². The molecule has 0 atom stereocenters. The van der Waals surface area contributed by atoms with Crippen molar-refractivity contribution in [1.82, 2.24) is 0 Å². The van der Waals surface area contributed by atoms with E-state index >= 15 is 8.78 Å². The van der Waals surface area contributed by atoms with Crippen molar-refractivity contribution < 1.29 is 22.6 Å². The average molecular weight is 475 g/mol. The van der Waals surface area contributed by atoms with Crippen LogP contribution in [0.4, 0.5) is 13.2 Å². The Balaban J connectivity index is 1.51. The first-order valence-electron chi connectivity index (χ1n) is 12.4. The van der Waals surface area contributed by atoms with Gasteiger partial charge in [-0.2, -0.15) is 0 Å². The molecule has 186 valence electrons. The van der Waals surface area contributed by atoms with E-state index in [-0.39, 0.29) is 29.3 Å². The maximum atomic E-state index is 15.1. The molecule has 1 aromatic carbocycles. The molecule has 1 aromatic rings. The summed E-state index contributed by atoms with van der Waals surface area (Å²) in [6.45, 7) is 13.6. The highest BCUT2D eigenvalue weighted by molar-refractivity contribution is 5.32. The quantitative estimate of drug-likeness (QED) is 0.192. The van der Waals surface area contributed by atoms with E-state index in [1.165, 1.54) is 6.08 Å². The van der Waals surface area contributed by atoms with Crippen LogP contribution in [-0.2, 0) is 9.47 Å². The molecule has 0 N–H and O–H groups in total. The van der Waals surface area contributed by atoms with Crippen molar-refractivity contribution in [2.24, 2.45) is 11.8 Å². The Morgan fingerprint density at radius 1 is 0.912 bits per heavy atom. The lowest BCUT2D eigenvalue weighted by Gasteiger charge is -2.30. The zero-order valence-electron chi connectivity index (χ0n) is 20.3. The zero-order chi connectivity index (χ0) is 24.7. The average Bonchev–Trinajstić information content (AvgIpc) is 2.85. The van der Waals surface area contributed by atoms with Crippen molar-refractivity contribution in [2.75, 3.05) is 13.2 Å². The number of ether oxygens (including phenoxy) is 2. The van der Waals surface area contributed by atoms with Gasteiger partial charge in [-0.25, -0.2) is 13.2 Å². The molecule has 2 aliphatic rings. The van der Waals surface area contributed by atoms with E-state index in [0.29, 0.717) is 30.3 Å². The van der Waals surface area contributed by atoms with E-state index in [0.717, 1.165) is 51.4 Å². The normalized spacial score (nSPS) is 25.5. The molecule has 0 spiro atoms. The van der Waals surface area contributed by atoms with Crippen molar-refractivity contribution >= 4 is 0 Å². The molecule has 2 saturated carbocycles. The highest BCUT2D eigenvalue weighted by Crippen LogP contribution is 2.41. The summed E-state index contributed by atoms with van der Waals surface area (Å²) in [7, 11) is 0.